The Balaban J connectivity index is 1.90. The van der Waals surface area contributed by atoms with Crippen LogP contribution in [0.5, 0.6) is 0 Å². The van der Waals surface area contributed by atoms with Crippen LogP contribution in [0, 0.1) is 6.92 Å². The van der Waals surface area contributed by atoms with E-state index in [-0.39, 0.29) is 5.56 Å². The molecule has 1 aliphatic rings. The van der Waals surface area contributed by atoms with E-state index in [0.717, 1.165) is 16.4 Å². The first-order valence-corrected chi connectivity index (χ1v) is 6.59. The van der Waals surface area contributed by atoms with Gasteiger partial charge in [-0.25, -0.2) is 9.67 Å². The molecule has 0 saturated heterocycles. The van der Waals surface area contributed by atoms with E-state index in [2.05, 4.69) is 10.1 Å². The topological polar surface area (TPSA) is 47.8 Å². The van der Waals surface area contributed by atoms with Crippen LogP contribution in [0.15, 0.2) is 22.3 Å². The van der Waals surface area contributed by atoms with Gasteiger partial charge in [0.1, 0.15) is 0 Å². The van der Waals surface area contributed by atoms with Crippen molar-refractivity contribution in [2.45, 2.75) is 32.2 Å². The lowest BCUT2D eigenvalue weighted by Crippen LogP contribution is -2.23. The van der Waals surface area contributed by atoms with Gasteiger partial charge >= 0.3 is 0 Å². The second-order valence-electron chi connectivity index (χ2n) is 4.39. The molecule has 0 unspecified atom stereocenters. The lowest BCUT2D eigenvalue weighted by molar-refractivity contribution is 0.611. The lowest BCUT2D eigenvalue weighted by Gasteiger charge is -2.04. The Hall–Kier alpha value is -1.49. The fraction of sp³-hybridized carbons (Fsp3) is 0.417. The minimum atomic E-state index is -0.0555. The van der Waals surface area contributed by atoms with E-state index in [1.807, 2.05) is 18.4 Å². The summed E-state index contributed by atoms with van der Waals surface area (Å²) >= 11 is 1.60. The van der Waals surface area contributed by atoms with Gasteiger partial charge in [0.15, 0.2) is 0 Å². The van der Waals surface area contributed by atoms with Gasteiger partial charge < -0.3 is 0 Å². The maximum Gasteiger partial charge on any atom is 0.267 e. The van der Waals surface area contributed by atoms with Gasteiger partial charge in [0, 0.05) is 17.4 Å². The van der Waals surface area contributed by atoms with Crippen molar-refractivity contribution >= 4 is 11.3 Å². The van der Waals surface area contributed by atoms with Crippen LogP contribution in [-0.2, 0) is 6.54 Å². The van der Waals surface area contributed by atoms with Crippen molar-refractivity contribution in [3.8, 4) is 0 Å². The number of nitrogens with zero attached hydrogens (tertiary/aromatic N) is 3. The maximum atomic E-state index is 11.7. The Morgan fingerprint density at radius 1 is 1.47 bits per heavy atom. The number of aryl methyl sites for hydroxylation is 1. The molecule has 2 aromatic heterocycles. The average molecular weight is 247 g/mol. The molecule has 0 spiro atoms. The van der Waals surface area contributed by atoms with Gasteiger partial charge in [-0.1, -0.05) is 0 Å². The van der Waals surface area contributed by atoms with E-state index >= 15 is 0 Å². The highest BCUT2D eigenvalue weighted by Crippen LogP contribution is 2.38. The fourth-order valence-corrected chi connectivity index (χ4v) is 2.41. The highest BCUT2D eigenvalue weighted by Gasteiger charge is 2.25. The van der Waals surface area contributed by atoms with E-state index in [1.165, 1.54) is 17.5 Å². The van der Waals surface area contributed by atoms with Crippen molar-refractivity contribution in [2.75, 3.05) is 0 Å². The Morgan fingerprint density at radius 3 is 2.94 bits per heavy atom. The first kappa shape index (κ1) is 10.7. The molecule has 88 valence electrons. The predicted octanol–water partition coefficient (Wildman–Crippen LogP) is 1.93. The van der Waals surface area contributed by atoms with Gasteiger partial charge in [-0.3, -0.25) is 4.79 Å². The molecule has 0 radical (unpaired) electrons. The van der Waals surface area contributed by atoms with E-state index < -0.39 is 0 Å². The standard InChI is InChI=1S/C12H13N3OS/c1-8-13-10(7-17-8)6-15-12(16)5-4-11(14-15)9-2-3-9/h4-5,7,9H,2-3,6H2,1H3. The van der Waals surface area contributed by atoms with Gasteiger partial charge in [0.25, 0.3) is 5.56 Å². The second kappa shape index (κ2) is 4.07. The molecule has 1 aliphatic carbocycles. The van der Waals surface area contributed by atoms with Crippen molar-refractivity contribution in [3.05, 3.63) is 44.3 Å². The lowest BCUT2D eigenvalue weighted by atomic mass is 10.3. The minimum Gasteiger partial charge on any atom is -0.268 e. The number of hydrogen-bond donors (Lipinski definition) is 0. The Labute approximate surface area is 103 Å². The number of hydrogen-bond acceptors (Lipinski definition) is 4. The van der Waals surface area contributed by atoms with Crippen molar-refractivity contribution in [1.82, 2.24) is 14.8 Å². The van der Waals surface area contributed by atoms with Crippen LogP contribution in [0.25, 0.3) is 0 Å². The van der Waals surface area contributed by atoms with Gasteiger partial charge in [-0.15, -0.1) is 11.3 Å². The second-order valence-corrected chi connectivity index (χ2v) is 5.45. The Bertz CT molecular complexity index is 598. The zero-order chi connectivity index (χ0) is 11.8. The number of aromatic nitrogens is 3. The summed E-state index contributed by atoms with van der Waals surface area (Å²) < 4.78 is 1.52. The molecule has 0 atom stereocenters. The Kier molecular flexibility index (Phi) is 2.55. The molecule has 1 saturated carbocycles. The van der Waals surface area contributed by atoms with E-state index in [9.17, 15) is 4.79 Å². The average Bonchev–Trinajstić information content (AvgIpc) is 3.07. The SMILES string of the molecule is Cc1nc(Cn2nc(C3CC3)ccc2=O)cs1. The summed E-state index contributed by atoms with van der Waals surface area (Å²) in [5.41, 5.74) is 1.90. The van der Waals surface area contributed by atoms with Crippen LogP contribution in [-0.4, -0.2) is 14.8 Å². The molecule has 0 N–H and O–H groups in total. The van der Waals surface area contributed by atoms with Crippen molar-refractivity contribution in [2.24, 2.45) is 0 Å². The van der Waals surface area contributed by atoms with Crippen LogP contribution in [0.1, 0.15) is 35.2 Å². The van der Waals surface area contributed by atoms with E-state index in [0.29, 0.717) is 12.5 Å². The molecule has 0 amide bonds. The molecule has 17 heavy (non-hydrogen) atoms. The van der Waals surface area contributed by atoms with Crippen molar-refractivity contribution < 1.29 is 0 Å². The summed E-state index contributed by atoms with van der Waals surface area (Å²) in [7, 11) is 0. The molecule has 0 aromatic carbocycles. The predicted molar refractivity (Wildman–Crippen MR) is 66.4 cm³/mol. The monoisotopic (exact) mass is 247 g/mol. The summed E-state index contributed by atoms with van der Waals surface area (Å²) in [6, 6.07) is 3.46. The molecule has 1 fully saturated rings. The van der Waals surface area contributed by atoms with Gasteiger partial charge in [-0.2, -0.15) is 5.10 Å². The first-order valence-electron chi connectivity index (χ1n) is 5.71. The molecule has 4 nitrogen and oxygen atoms in total. The molecular weight excluding hydrogens is 234 g/mol. The summed E-state index contributed by atoms with van der Waals surface area (Å²) in [6.07, 6.45) is 2.39. The number of rotatable bonds is 3. The summed E-state index contributed by atoms with van der Waals surface area (Å²) in [6.45, 7) is 2.44. The fourth-order valence-electron chi connectivity index (χ4n) is 1.81. The van der Waals surface area contributed by atoms with Gasteiger partial charge in [-0.05, 0) is 25.8 Å². The largest absolute Gasteiger partial charge is 0.268 e. The van der Waals surface area contributed by atoms with Crippen LogP contribution in [0.4, 0.5) is 0 Å². The van der Waals surface area contributed by atoms with Gasteiger partial charge in [0.2, 0.25) is 0 Å². The summed E-state index contributed by atoms with van der Waals surface area (Å²) in [5.74, 6) is 0.569. The quantitative estimate of drug-likeness (QED) is 0.832. The molecule has 2 heterocycles. The van der Waals surface area contributed by atoms with Crippen LogP contribution >= 0.6 is 11.3 Å². The molecule has 0 bridgehead atoms. The third kappa shape index (κ3) is 2.29. The minimum absolute atomic E-state index is 0.0555. The Morgan fingerprint density at radius 2 is 2.29 bits per heavy atom. The first-order chi connectivity index (χ1) is 8.22. The zero-order valence-electron chi connectivity index (χ0n) is 9.59. The van der Waals surface area contributed by atoms with Gasteiger partial charge in [0.05, 0.1) is 22.9 Å². The molecule has 3 rings (SSSR count). The van der Waals surface area contributed by atoms with E-state index in [1.54, 1.807) is 17.4 Å². The van der Waals surface area contributed by atoms with Crippen LogP contribution in [0.3, 0.4) is 0 Å². The maximum absolute atomic E-state index is 11.7. The summed E-state index contributed by atoms with van der Waals surface area (Å²) in [4.78, 5) is 16.1. The third-order valence-corrected chi connectivity index (χ3v) is 3.68. The molecular formula is C12H13N3OS. The smallest absolute Gasteiger partial charge is 0.267 e. The molecule has 0 aliphatic heterocycles. The van der Waals surface area contributed by atoms with Crippen molar-refractivity contribution in [3.63, 3.8) is 0 Å². The number of thiazole rings is 1. The highest BCUT2D eigenvalue weighted by molar-refractivity contribution is 7.09. The van der Waals surface area contributed by atoms with Crippen molar-refractivity contribution in [1.29, 1.82) is 0 Å². The highest BCUT2D eigenvalue weighted by atomic mass is 32.1. The molecule has 2 aromatic rings. The molecule has 5 heteroatoms. The van der Waals surface area contributed by atoms with E-state index in [4.69, 9.17) is 0 Å². The summed E-state index contributed by atoms with van der Waals surface area (Å²) in [5, 5.41) is 7.41. The van der Waals surface area contributed by atoms with Crippen LogP contribution in [0.2, 0.25) is 0 Å². The van der Waals surface area contributed by atoms with Crippen LogP contribution < -0.4 is 5.56 Å². The normalized spacial score (nSPS) is 15.1. The third-order valence-electron chi connectivity index (χ3n) is 2.86. The zero-order valence-corrected chi connectivity index (χ0v) is 10.4.